The van der Waals surface area contributed by atoms with Crippen LogP contribution in [-0.2, 0) is 4.79 Å². The van der Waals surface area contributed by atoms with Crippen molar-refractivity contribution in [1.29, 1.82) is 0 Å². The van der Waals surface area contributed by atoms with Crippen LogP contribution in [0.5, 0.6) is 0 Å². The number of nitrogens with zero attached hydrogens (tertiary/aromatic N) is 1. The number of halogens is 2. The first kappa shape index (κ1) is 19.0. The van der Waals surface area contributed by atoms with Crippen LogP contribution in [0.2, 0.25) is 10.0 Å². The zero-order valence-corrected chi connectivity index (χ0v) is 16.0. The highest BCUT2D eigenvalue weighted by Gasteiger charge is 2.06. The molecular weight excluding hydrogens is 385 g/mol. The third-order valence-electron chi connectivity index (χ3n) is 3.68. The van der Waals surface area contributed by atoms with Gasteiger partial charge in [-0.2, -0.15) is 5.10 Å². The summed E-state index contributed by atoms with van der Waals surface area (Å²) in [5.41, 5.74) is 5.25. The second kappa shape index (κ2) is 8.75. The summed E-state index contributed by atoms with van der Waals surface area (Å²) in [6.07, 6.45) is 1.44. The number of rotatable bonds is 6. The quantitative estimate of drug-likeness (QED) is 0.444. The van der Waals surface area contributed by atoms with Crippen molar-refractivity contribution < 1.29 is 9.21 Å². The molecule has 0 fully saturated rings. The number of carbonyl (C=O) groups is 1. The van der Waals surface area contributed by atoms with E-state index >= 15 is 0 Å². The topological polar surface area (TPSA) is 66.6 Å². The predicted molar refractivity (Wildman–Crippen MR) is 110 cm³/mol. The Morgan fingerprint density at radius 3 is 2.74 bits per heavy atom. The van der Waals surface area contributed by atoms with E-state index in [1.54, 1.807) is 24.3 Å². The smallest absolute Gasteiger partial charge is 0.259 e. The van der Waals surface area contributed by atoms with Crippen LogP contribution in [0.15, 0.2) is 64.1 Å². The molecule has 1 amide bonds. The molecule has 0 bridgehead atoms. The monoisotopic (exact) mass is 401 g/mol. The third-order valence-corrected chi connectivity index (χ3v) is 4.42. The van der Waals surface area contributed by atoms with Crippen molar-refractivity contribution >= 4 is 41.0 Å². The van der Waals surface area contributed by atoms with Gasteiger partial charge in [0.2, 0.25) is 0 Å². The Morgan fingerprint density at radius 1 is 1.11 bits per heavy atom. The molecule has 0 saturated heterocycles. The largest absolute Gasteiger partial charge is 0.455 e. The predicted octanol–water partition coefficient (Wildman–Crippen LogP) is 5.12. The Kier molecular flexibility index (Phi) is 6.16. The number of hydrazone groups is 1. The molecule has 0 aliphatic rings. The van der Waals surface area contributed by atoms with E-state index in [0.717, 1.165) is 16.8 Å². The molecule has 0 atom stereocenters. The van der Waals surface area contributed by atoms with Crippen LogP contribution in [-0.4, -0.2) is 18.7 Å². The number of aryl methyl sites for hydroxylation is 1. The number of anilines is 1. The molecule has 1 heterocycles. The summed E-state index contributed by atoms with van der Waals surface area (Å²) in [6, 6.07) is 16.6. The van der Waals surface area contributed by atoms with Crippen LogP contribution in [0, 0.1) is 6.92 Å². The minimum atomic E-state index is -0.260. The summed E-state index contributed by atoms with van der Waals surface area (Å²) in [7, 11) is 0. The number of nitrogens with one attached hydrogen (secondary N) is 2. The molecule has 27 heavy (non-hydrogen) atoms. The van der Waals surface area contributed by atoms with Crippen molar-refractivity contribution in [3.8, 4) is 11.3 Å². The second-order valence-electron chi connectivity index (χ2n) is 5.85. The van der Waals surface area contributed by atoms with Crippen LogP contribution in [0.4, 0.5) is 5.69 Å². The normalized spacial score (nSPS) is 10.9. The van der Waals surface area contributed by atoms with E-state index in [1.165, 1.54) is 6.21 Å². The molecule has 138 valence electrons. The average molecular weight is 402 g/mol. The average Bonchev–Trinajstić information content (AvgIpc) is 3.11. The number of furan rings is 1. The van der Waals surface area contributed by atoms with Crippen LogP contribution in [0.1, 0.15) is 11.3 Å². The fraction of sp³-hybridized carbons (Fsp3) is 0.100. The van der Waals surface area contributed by atoms with Gasteiger partial charge in [-0.05, 0) is 55.0 Å². The molecule has 0 spiro atoms. The molecule has 0 aliphatic carbocycles. The van der Waals surface area contributed by atoms with Gasteiger partial charge >= 0.3 is 0 Å². The summed E-state index contributed by atoms with van der Waals surface area (Å²) in [5, 5.41) is 7.88. The van der Waals surface area contributed by atoms with Crippen LogP contribution < -0.4 is 10.7 Å². The molecule has 0 saturated carbocycles. The van der Waals surface area contributed by atoms with Gasteiger partial charge in [-0.3, -0.25) is 4.79 Å². The molecule has 0 unspecified atom stereocenters. The maximum atomic E-state index is 11.8. The van der Waals surface area contributed by atoms with Gasteiger partial charge in [0.1, 0.15) is 11.5 Å². The molecule has 0 aliphatic heterocycles. The summed E-state index contributed by atoms with van der Waals surface area (Å²) in [4.78, 5) is 11.8. The van der Waals surface area contributed by atoms with Gasteiger partial charge in [0.25, 0.3) is 5.91 Å². The molecule has 3 aromatic rings. The van der Waals surface area contributed by atoms with E-state index in [0.29, 0.717) is 21.6 Å². The Bertz CT molecular complexity index is 983. The first-order chi connectivity index (χ1) is 13.0. The Labute approximate surface area is 167 Å². The summed E-state index contributed by atoms with van der Waals surface area (Å²) >= 11 is 11.9. The minimum absolute atomic E-state index is 0.119. The molecular formula is C20H17Cl2N3O2. The standard InChI is InChI=1S/C20H17Cl2N3O2/c1-13-3-2-4-15(9-13)23-12-20(26)25-24-11-16-6-8-19(27-16)14-5-7-17(21)18(22)10-14/h2-11,23H,12H2,1H3,(H,25,26)/b24-11+. The van der Waals surface area contributed by atoms with E-state index < -0.39 is 0 Å². The number of carbonyl (C=O) groups excluding carboxylic acids is 1. The Hall–Kier alpha value is -2.76. The maximum Gasteiger partial charge on any atom is 0.259 e. The lowest BCUT2D eigenvalue weighted by atomic mass is 10.2. The van der Waals surface area contributed by atoms with Gasteiger partial charge in [0.05, 0.1) is 22.8 Å². The first-order valence-electron chi connectivity index (χ1n) is 8.19. The van der Waals surface area contributed by atoms with Gasteiger partial charge in [0, 0.05) is 11.3 Å². The molecule has 7 heteroatoms. The fourth-order valence-corrected chi connectivity index (χ4v) is 2.67. The molecule has 0 radical (unpaired) electrons. The van der Waals surface area contributed by atoms with Crippen molar-refractivity contribution in [2.75, 3.05) is 11.9 Å². The van der Waals surface area contributed by atoms with Crippen LogP contribution in [0.3, 0.4) is 0 Å². The van der Waals surface area contributed by atoms with Crippen molar-refractivity contribution in [2.24, 2.45) is 5.10 Å². The molecule has 2 N–H and O–H groups in total. The maximum absolute atomic E-state index is 11.8. The zero-order valence-electron chi connectivity index (χ0n) is 14.5. The molecule has 3 rings (SSSR count). The third kappa shape index (κ3) is 5.36. The second-order valence-corrected chi connectivity index (χ2v) is 6.66. The molecule has 5 nitrogen and oxygen atoms in total. The highest BCUT2D eigenvalue weighted by Crippen LogP contribution is 2.29. The van der Waals surface area contributed by atoms with E-state index in [-0.39, 0.29) is 12.5 Å². The van der Waals surface area contributed by atoms with E-state index in [4.69, 9.17) is 27.6 Å². The lowest BCUT2D eigenvalue weighted by Crippen LogP contribution is -2.25. The highest BCUT2D eigenvalue weighted by atomic mass is 35.5. The summed E-state index contributed by atoms with van der Waals surface area (Å²) < 4.78 is 5.67. The number of hydrogen-bond acceptors (Lipinski definition) is 4. The molecule has 2 aromatic carbocycles. The lowest BCUT2D eigenvalue weighted by Gasteiger charge is -2.05. The van der Waals surface area contributed by atoms with Crippen LogP contribution >= 0.6 is 23.2 Å². The van der Waals surface area contributed by atoms with E-state index in [1.807, 2.05) is 37.3 Å². The van der Waals surface area contributed by atoms with Gasteiger partial charge in [0.15, 0.2) is 0 Å². The summed E-state index contributed by atoms with van der Waals surface area (Å²) in [5.74, 6) is 0.870. The number of hydrogen-bond donors (Lipinski definition) is 2. The van der Waals surface area contributed by atoms with Crippen LogP contribution in [0.25, 0.3) is 11.3 Å². The van der Waals surface area contributed by atoms with E-state index in [2.05, 4.69) is 15.8 Å². The number of amides is 1. The minimum Gasteiger partial charge on any atom is -0.455 e. The lowest BCUT2D eigenvalue weighted by molar-refractivity contribution is -0.119. The number of benzene rings is 2. The first-order valence-corrected chi connectivity index (χ1v) is 8.94. The Balaban J connectivity index is 1.53. The Morgan fingerprint density at radius 2 is 1.96 bits per heavy atom. The van der Waals surface area contributed by atoms with E-state index in [9.17, 15) is 4.79 Å². The van der Waals surface area contributed by atoms with Gasteiger partial charge in [-0.15, -0.1) is 0 Å². The molecule has 1 aromatic heterocycles. The van der Waals surface area contributed by atoms with Crippen molar-refractivity contribution in [3.05, 3.63) is 76.0 Å². The van der Waals surface area contributed by atoms with Gasteiger partial charge in [-0.1, -0.05) is 35.3 Å². The highest BCUT2D eigenvalue weighted by molar-refractivity contribution is 6.42. The van der Waals surface area contributed by atoms with Crippen molar-refractivity contribution in [1.82, 2.24) is 5.43 Å². The van der Waals surface area contributed by atoms with Gasteiger partial charge in [-0.25, -0.2) is 5.43 Å². The van der Waals surface area contributed by atoms with Crippen molar-refractivity contribution in [3.63, 3.8) is 0 Å². The fourth-order valence-electron chi connectivity index (χ4n) is 2.37. The summed E-state index contributed by atoms with van der Waals surface area (Å²) in [6.45, 7) is 2.11. The van der Waals surface area contributed by atoms with Gasteiger partial charge < -0.3 is 9.73 Å². The zero-order chi connectivity index (χ0) is 19.2. The SMILES string of the molecule is Cc1cccc(NCC(=O)N/N=C/c2ccc(-c3ccc(Cl)c(Cl)c3)o2)c1. The van der Waals surface area contributed by atoms with Crippen molar-refractivity contribution in [2.45, 2.75) is 6.92 Å².